The summed E-state index contributed by atoms with van der Waals surface area (Å²) in [6.45, 7) is 12.8. The second-order valence-corrected chi connectivity index (χ2v) is 6.17. The molecule has 0 aliphatic rings. The fourth-order valence-corrected chi connectivity index (χ4v) is 2.37. The molecule has 4 nitrogen and oxygen atoms in total. The number of benzene rings is 1. The Balaban J connectivity index is 2.61. The van der Waals surface area contributed by atoms with E-state index in [1.165, 1.54) is 0 Å². The van der Waals surface area contributed by atoms with Crippen molar-refractivity contribution in [3.8, 4) is 0 Å². The maximum absolute atomic E-state index is 12.4. The molecule has 0 fully saturated rings. The Morgan fingerprint density at radius 1 is 1.17 bits per heavy atom. The Morgan fingerprint density at radius 2 is 1.83 bits per heavy atom. The van der Waals surface area contributed by atoms with Gasteiger partial charge in [0.2, 0.25) is 0 Å². The molecule has 4 heteroatoms. The number of ether oxygens (including phenoxy) is 1. The summed E-state index contributed by atoms with van der Waals surface area (Å²) in [5, 5.41) is 3.36. The van der Waals surface area contributed by atoms with Crippen LogP contribution in [0.3, 0.4) is 0 Å². The molecule has 0 unspecified atom stereocenters. The van der Waals surface area contributed by atoms with Gasteiger partial charge in [0.1, 0.15) is 6.04 Å². The number of rotatable bonds is 11. The number of hydrogen-bond donors (Lipinski definition) is 1. The first-order chi connectivity index (χ1) is 11.1. The first-order valence-electron chi connectivity index (χ1n) is 8.75. The van der Waals surface area contributed by atoms with Crippen molar-refractivity contribution >= 4 is 5.97 Å². The number of nitrogens with one attached hydrogen (secondary N) is 1. The minimum Gasteiger partial charge on any atom is -0.464 e. The van der Waals surface area contributed by atoms with Crippen LogP contribution in [0.2, 0.25) is 0 Å². The predicted molar refractivity (Wildman–Crippen MR) is 95.4 cm³/mol. The van der Waals surface area contributed by atoms with E-state index < -0.39 is 0 Å². The number of likely N-dealkylation sites (N-methyl/N-ethyl adjacent to an activating group) is 1. The molecule has 1 atom stereocenters. The van der Waals surface area contributed by atoms with Crippen molar-refractivity contribution in [2.75, 3.05) is 32.8 Å². The number of esters is 1. The summed E-state index contributed by atoms with van der Waals surface area (Å²) in [7, 11) is 0. The van der Waals surface area contributed by atoms with Gasteiger partial charge in [0.15, 0.2) is 0 Å². The molecule has 0 bridgehead atoms. The van der Waals surface area contributed by atoms with E-state index in [0.717, 1.165) is 38.2 Å². The molecule has 0 saturated heterocycles. The third-order valence-corrected chi connectivity index (χ3v) is 3.98. The summed E-state index contributed by atoms with van der Waals surface area (Å²) in [5.41, 5.74) is 0.960. The van der Waals surface area contributed by atoms with Gasteiger partial charge in [-0.05, 0) is 31.0 Å². The van der Waals surface area contributed by atoms with Crippen molar-refractivity contribution in [1.82, 2.24) is 10.2 Å². The molecule has 0 saturated carbocycles. The minimum atomic E-state index is -0.390. The van der Waals surface area contributed by atoms with Crippen molar-refractivity contribution in [3.05, 3.63) is 35.9 Å². The maximum Gasteiger partial charge on any atom is 0.327 e. The van der Waals surface area contributed by atoms with Gasteiger partial charge in [-0.25, -0.2) is 4.79 Å². The topological polar surface area (TPSA) is 41.6 Å². The Morgan fingerprint density at radius 3 is 2.39 bits per heavy atom. The average molecular weight is 320 g/mol. The molecule has 0 spiro atoms. The fourth-order valence-electron chi connectivity index (χ4n) is 2.37. The number of nitrogens with zero attached hydrogens (tertiary/aromatic N) is 1. The van der Waals surface area contributed by atoms with Gasteiger partial charge in [-0.2, -0.15) is 0 Å². The van der Waals surface area contributed by atoms with Gasteiger partial charge in [-0.3, -0.25) is 5.32 Å². The van der Waals surface area contributed by atoms with Crippen molar-refractivity contribution < 1.29 is 9.53 Å². The van der Waals surface area contributed by atoms with Crippen molar-refractivity contribution in [2.24, 2.45) is 5.92 Å². The van der Waals surface area contributed by atoms with E-state index >= 15 is 0 Å². The van der Waals surface area contributed by atoms with Crippen LogP contribution in [-0.4, -0.2) is 43.7 Å². The van der Waals surface area contributed by atoms with Crippen LogP contribution in [0, 0.1) is 5.92 Å². The molecule has 1 aromatic rings. The lowest BCUT2D eigenvalue weighted by atomic mass is 10.1. The van der Waals surface area contributed by atoms with Crippen LogP contribution >= 0.6 is 0 Å². The van der Waals surface area contributed by atoms with Crippen molar-refractivity contribution in [3.63, 3.8) is 0 Å². The predicted octanol–water partition coefficient (Wildman–Crippen LogP) is 3.25. The molecule has 0 heterocycles. The van der Waals surface area contributed by atoms with E-state index in [4.69, 9.17) is 4.74 Å². The largest absolute Gasteiger partial charge is 0.464 e. The van der Waals surface area contributed by atoms with Crippen LogP contribution in [-0.2, 0) is 9.53 Å². The third kappa shape index (κ3) is 7.62. The lowest BCUT2D eigenvalue weighted by molar-refractivity contribution is -0.146. The highest BCUT2D eigenvalue weighted by Gasteiger charge is 2.21. The highest BCUT2D eigenvalue weighted by Crippen LogP contribution is 2.15. The zero-order chi connectivity index (χ0) is 17.1. The zero-order valence-corrected chi connectivity index (χ0v) is 15.0. The molecule has 0 aliphatic carbocycles. The van der Waals surface area contributed by atoms with Crippen LogP contribution < -0.4 is 5.32 Å². The van der Waals surface area contributed by atoms with E-state index in [-0.39, 0.29) is 12.0 Å². The smallest absolute Gasteiger partial charge is 0.327 e. The minimum absolute atomic E-state index is 0.184. The van der Waals surface area contributed by atoms with E-state index in [1.807, 2.05) is 30.3 Å². The monoisotopic (exact) mass is 320 g/mol. The summed E-state index contributed by atoms with van der Waals surface area (Å²) in [6.07, 6.45) is 0.896. The van der Waals surface area contributed by atoms with Crippen molar-refractivity contribution in [1.29, 1.82) is 0 Å². The first-order valence-corrected chi connectivity index (χ1v) is 8.75. The Hall–Kier alpha value is -1.39. The molecule has 1 rings (SSSR count). The van der Waals surface area contributed by atoms with Crippen LogP contribution in [0.25, 0.3) is 0 Å². The molecule has 1 aromatic carbocycles. The standard InChI is InChI=1S/C19H32N2O2/c1-5-21(6-2)14-13-20-18(17-10-8-7-9-11-17)19(22)23-15-12-16(3)4/h7-11,16,18,20H,5-6,12-15H2,1-4H3/t18-/m1/s1. The van der Waals surface area contributed by atoms with Crippen LogP contribution in [0.15, 0.2) is 30.3 Å². The van der Waals surface area contributed by atoms with Crippen molar-refractivity contribution in [2.45, 2.75) is 40.2 Å². The molecular formula is C19H32N2O2. The quantitative estimate of drug-likeness (QED) is 0.636. The number of hydrogen-bond acceptors (Lipinski definition) is 4. The van der Waals surface area contributed by atoms with E-state index in [2.05, 4.69) is 37.9 Å². The van der Waals surface area contributed by atoms with Gasteiger partial charge in [-0.1, -0.05) is 58.0 Å². The second kappa shape index (κ2) is 11.2. The number of carbonyl (C=O) groups is 1. The van der Waals surface area contributed by atoms with Gasteiger partial charge in [0, 0.05) is 13.1 Å². The summed E-state index contributed by atoms with van der Waals surface area (Å²) in [5.74, 6) is 0.352. The number of carbonyl (C=O) groups excluding carboxylic acids is 1. The summed E-state index contributed by atoms with van der Waals surface area (Å²) < 4.78 is 5.46. The highest BCUT2D eigenvalue weighted by atomic mass is 16.5. The molecule has 0 radical (unpaired) electrons. The molecular weight excluding hydrogens is 288 g/mol. The highest BCUT2D eigenvalue weighted by molar-refractivity contribution is 5.77. The molecule has 0 amide bonds. The van der Waals surface area contributed by atoms with E-state index in [1.54, 1.807) is 0 Å². The second-order valence-electron chi connectivity index (χ2n) is 6.17. The van der Waals surface area contributed by atoms with Gasteiger partial charge < -0.3 is 9.64 Å². The van der Waals surface area contributed by atoms with E-state index in [9.17, 15) is 4.79 Å². The van der Waals surface area contributed by atoms with Gasteiger partial charge in [0.05, 0.1) is 6.61 Å². The molecule has 1 N–H and O–H groups in total. The molecule has 130 valence electrons. The first kappa shape index (κ1) is 19.7. The normalized spacial score (nSPS) is 12.6. The summed E-state index contributed by atoms with van der Waals surface area (Å²) in [6, 6.07) is 9.42. The SMILES string of the molecule is CCN(CC)CCN[C@@H](C(=O)OCCC(C)C)c1ccccc1. The zero-order valence-electron chi connectivity index (χ0n) is 15.0. The lowest BCUT2D eigenvalue weighted by Crippen LogP contribution is -2.37. The molecule has 0 aromatic heterocycles. The molecule has 23 heavy (non-hydrogen) atoms. The Kier molecular flexibility index (Phi) is 9.57. The van der Waals surface area contributed by atoms with Gasteiger partial charge >= 0.3 is 5.97 Å². The third-order valence-electron chi connectivity index (χ3n) is 3.98. The van der Waals surface area contributed by atoms with Gasteiger partial charge in [0.25, 0.3) is 0 Å². The molecule has 0 aliphatic heterocycles. The lowest BCUT2D eigenvalue weighted by Gasteiger charge is -2.22. The van der Waals surface area contributed by atoms with Crippen LogP contribution in [0.5, 0.6) is 0 Å². The summed E-state index contributed by atoms with van der Waals surface area (Å²) >= 11 is 0. The Labute approximate surface area is 141 Å². The summed E-state index contributed by atoms with van der Waals surface area (Å²) in [4.78, 5) is 14.8. The average Bonchev–Trinajstić information content (AvgIpc) is 2.55. The van der Waals surface area contributed by atoms with Crippen LogP contribution in [0.1, 0.15) is 45.7 Å². The maximum atomic E-state index is 12.4. The fraction of sp³-hybridized carbons (Fsp3) is 0.632. The van der Waals surface area contributed by atoms with Gasteiger partial charge in [-0.15, -0.1) is 0 Å². The van der Waals surface area contributed by atoms with Crippen LogP contribution in [0.4, 0.5) is 0 Å². The van der Waals surface area contributed by atoms with E-state index in [0.29, 0.717) is 12.5 Å². The Bertz CT molecular complexity index is 430.